The van der Waals surface area contributed by atoms with Crippen LogP contribution in [-0.2, 0) is 9.84 Å². The number of sulfone groups is 1. The molecule has 0 aliphatic carbocycles. The summed E-state index contributed by atoms with van der Waals surface area (Å²) in [6.07, 6.45) is 2.83. The standard InChI is InChI=1S/C14H15N3O2S2/c1-9-7-8-16-14(12(9)13(15)20)17-10-3-5-11(6-4-10)21(2,18)19/h3-8H,1-2H3,(H2,15,20)(H,16,17). The summed E-state index contributed by atoms with van der Waals surface area (Å²) >= 11 is 5.04. The van der Waals surface area contributed by atoms with Crippen molar-refractivity contribution in [1.29, 1.82) is 0 Å². The molecule has 1 heterocycles. The van der Waals surface area contributed by atoms with Crippen LogP contribution in [0.25, 0.3) is 0 Å². The highest BCUT2D eigenvalue weighted by molar-refractivity contribution is 7.90. The van der Waals surface area contributed by atoms with Gasteiger partial charge in [0.25, 0.3) is 0 Å². The van der Waals surface area contributed by atoms with Crippen LogP contribution < -0.4 is 11.1 Å². The summed E-state index contributed by atoms with van der Waals surface area (Å²) < 4.78 is 22.8. The lowest BCUT2D eigenvalue weighted by atomic mass is 10.1. The molecule has 2 aromatic rings. The lowest BCUT2D eigenvalue weighted by molar-refractivity contribution is 0.602. The Morgan fingerprint density at radius 1 is 1.24 bits per heavy atom. The van der Waals surface area contributed by atoms with Gasteiger partial charge in [-0.1, -0.05) is 12.2 Å². The molecule has 0 atom stereocenters. The Labute approximate surface area is 129 Å². The van der Waals surface area contributed by atoms with Crippen LogP contribution in [0.4, 0.5) is 11.5 Å². The van der Waals surface area contributed by atoms with Crippen LogP contribution in [0.3, 0.4) is 0 Å². The molecule has 0 radical (unpaired) electrons. The van der Waals surface area contributed by atoms with E-state index in [0.717, 1.165) is 5.56 Å². The predicted molar refractivity (Wildman–Crippen MR) is 87.7 cm³/mol. The molecule has 21 heavy (non-hydrogen) atoms. The van der Waals surface area contributed by atoms with Gasteiger partial charge in [-0.25, -0.2) is 13.4 Å². The number of anilines is 2. The van der Waals surface area contributed by atoms with Crippen molar-refractivity contribution in [2.75, 3.05) is 11.6 Å². The number of thiocarbonyl (C=S) groups is 1. The molecule has 0 aliphatic rings. The molecule has 0 bridgehead atoms. The molecule has 1 aromatic heterocycles. The molecule has 0 amide bonds. The second-order valence-electron chi connectivity index (χ2n) is 4.64. The Kier molecular flexibility index (Phi) is 4.24. The van der Waals surface area contributed by atoms with Crippen LogP contribution in [0.2, 0.25) is 0 Å². The first-order valence-electron chi connectivity index (χ1n) is 6.11. The second-order valence-corrected chi connectivity index (χ2v) is 7.09. The van der Waals surface area contributed by atoms with Crippen LogP contribution >= 0.6 is 12.2 Å². The number of aromatic nitrogens is 1. The highest BCUT2D eigenvalue weighted by Crippen LogP contribution is 2.22. The highest BCUT2D eigenvalue weighted by atomic mass is 32.2. The monoisotopic (exact) mass is 321 g/mol. The Balaban J connectivity index is 2.35. The molecule has 0 aliphatic heterocycles. The minimum absolute atomic E-state index is 0.260. The maximum absolute atomic E-state index is 11.4. The van der Waals surface area contributed by atoms with Gasteiger partial charge in [-0.3, -0.25) is 0 Å². The summed E-state index contributed by atoms with van der Waals surface area (Å²) in [4.78, 5) is 4.75. The van der Waals surface area contributed by atoms with E-state index in [0.29, 0.717) is 17.1 Å². The van der Waals surface area contributed by atoms with Gasteiger partial charge in [0.2, 0.25) is 0 Å². The smallest absolute Gasteiger partial charge is 0.175 e. The fourth-order valence-corrected chi connectivity index (χ4v) is 2.77. The SMILES string of the molecule is Cc1ccnc(Nc2ccc(S(C)(=O)=O)cc2)c1C(N)=S. The molecule has 1 aromatic carbocycles. The van der Waals surface area contributed by atoms with Crippen LogP contribution in [0.5, 0.6) is 0 Å². The number of aryl methyl sites for hydroxylation is 1. The molecule has 0 saturated carbocycles. The Hall–Kier alpha value is -1.99. The first-order valence-corrected chi connectivity index (χ1v) is 8.41. The predicted octanol–water partition coefficient (Wildman–Crippen LogP) is 2.17. The summed E-state index contributed by atoms with van der Waals surface area (Å²) in [5.74, 6) is 0.551. The zero-order valence-corrected chi connectivity index (χ0v) is 13.3. The van der Waals surface area contributed by atoms with Crippen molar-refractivity contribution >= 4 is 38.5 Å². The molecule has 110 valence electrons. The van der Waals surface area contributed by atoms with E-state index in [1.165, 1.54) is 18.4 Å². The molecule has 2 rings (SSSR count). The number of benzene rings is 1. The van der Waals surface area contributed by atoms with Crippen molar-refractivity contribution in [2.24, 2.45) is 5.73 Å². The first kappa shape index (κ1) is 15.4. The third kappa shape index (κ3) is 3.56. The number of hydrogen-bond donors (Lipinski definition) is 2. The minimum atomic E-state index is -3.20. The maximum Gasteiger partial charge on any atom is 0.175 e. The van der Waals surface area contributed by atoms with Gasteiger partial charge in [0.1, 0.15) is 10.8 Å². The molecule has 0 spiro atoms. The van der Waals surface area contributed by atoms with Gasteiger partial charge in [-0.05, 0) is 42.8 Å². The number of nitrogens with zero attached hydrogens (tertiary/aromatic N) is 1. The van der Waals surface area contributed by atoms with Crippen molar-refractivity contribution in [1.82, 2.24) is 4.98 Å². The molecule has 5 nitrogen and oxygen atoms in total. The average Bonchev–Trinajstić information content (AvgIpc) is 2.38. The normalized spacial score (nSPS) is 11.1. The van der Waals surface area contributed by atoms with Crippen molar-refractivity contribution in [3.63, 3.8) is 0 Å². The van der Waals surface area contributed by atoms with Gasteiger partial charge in [-0.15, -0.1) is 0 Å². The molecule has 0 saturated heterocycles. The molecular weight excluding hydrogens is 306 g/mol. The topological polar surface area (TPSA) is 85.1 Å². The van der Waals surface area contributed by atoms with Gasteiger partial charge in [0.15, 0.2) is 9.84 Å². The fourth-order valence-electron chi connectivity index (χ4n) is 1.89. The maximum atomic E-state index is 11.4. The first-order chi connectivity index (χ1) is 9.79. The van der Waals surface area contributed by atoms with E-state index in [1.807, 2.05) is 13.0 Å². The summed E-state index contributed by atoms with van der Waals surface area (Å²) in [7, 11) is -3.20. The van der Waals surface area contributed by atoms with E-state index in [2.05, 4.69) is 10.3 Å². The Bertz CT molecular complexity index is 784. The van der Waals surface area contributed by atoms with Crippen molar-refractivity contribution in [3.05, 3.63) is 47.7 Å². The van der Waals surface area contributed by atoms with Crippen LogP contribution in [0.1, 0.15) is 11.1 Å². The largest absolute Gasteiger partial charge is 0.389 e. The van der Waals surface area contributed by atoms with E-state index in [-0.39, 0.29) is 9.88 Å². The zero-order valence-electron chi connectivity index (χ0n) is 11.6. The molecule has 7 heteroatoms. The van der Waals surface area contributed by atoms with E-state index >= 15 is 0 Å². The lowest BCUT2D eigenvalue weighted by Gasteiger charge is -2.12. The zero-order chi connectivity index (χ0) is 15.6. The van der Waals surface area contributed by atoms with Crippen LogP contribution in [0.15, 0.2) is 41.4 Å². The lowest BCUT2D eigenvalue weighted by Crippen LogP contribution is -2.14. The van der Waals surface area contributed by atoms with Gasteiger partial charge >= 0.3 is 0 Å². The van der Waals surface area contributed by atoms with E-state index in [9.17, 15) is 8.42 Å². The van der Waals surface area contributed by atoms with E-state index < -0.39 is 9.84 Å². The van der Waals surface area contributed by atoms with E-state index in [1.54, 1.807) is 18.3 Å². The number of nitrogens with two attached hydrogens (primary N) is 1. The van der Waals surface area contributed by atoms with Crippen molar-refractivity contribution < 1.29 is 8.42 Å². The second kappa shape index (κ2) is 5.79. The number of nitrogens with one attached hydrogen (secondary N) is 1. The van der Waals surface area contributed by atoms with Gasteiger partial charge in [-0.2, -0.15) is 0 Å². The number of pyridine rings is 1. The van der Waals surface area contributed by atoms with Crippen LogP contribution in [-0.4, -0.2) is 24.6 Å². The Morgan fingerprint density at radius 3 is 2.38 bits per heavy atom. The van der Waals surface area contributed by atoms with Gasteiger partial charge < -0.3 is 11.1 Å². The fraction of sp³-hybridized carbons (Fsp3) is 0.143. The highest BCUT2D eigenvalue weighted by Gasteiger charge is 2.11. The third-order valence-electron chi connectivity index (χ3n) is 2.95. The third-order valence-corrected chi connectivity index (χ3v) is 4.28. The average molecular weight is 321 g/mol. The minimum Gasteiger partial charge on any atom is -0.389 e. The summed E-state index contributed by atoms with van der Waals surface area (Å²) in [5, 5.41) is 3.10. The van der Waals surface area contributed by atoms with Crippen molar-refractivity contribution in [2.45, 2.75) is 11.8 Å². The summed E-state index contributed by atoms with van der Waals surface area (Å²) in [6.45, 7) is 1.90. The van der Waals surface area contributed by atoms with E-state index in [4.69, 9.17) is 18.0 Å². The summed E-state index contributed by atoms with van der Waals surface area (Å²) in [5.41, 5.74) is 8.03. The quantitative estimate of drug-likeness (QED) is 0.840. The molecule has 3 N–H and O–H groups in total. The summed E-state index contributed by atoms with van der Waals surface area (Å²) in [6, 6.07) is 8.24. The number of rotatable bonds is 4. The molecule has 0 unspecified atom stereocenters. The van der Waals surface area contributed by atoms with Gasteiger partial charge in [0, 0.05) is 18.1 Å². The van der Waals surface area contributed by atoms with Crippen LogP contribution in [0, 0.1) is 6.92 Å². The molecular formula is C14H15N3O2S2. The molecule has 0 fully saturated rings. The van der Waals surface area contributed by atoms with Gasteiger partial charge in [0.05, 0.1) is 10.5 Å². The number of hydrogen-bond acceptors (Lipinski definition) is 5. The Morgan fingerprint density at radius 2 is 1.86 bits per heavy atom. The van der Waals surface area contributed by atoms with Crippen molar-refractivity contribution in [3.8, 4) is 0 Å².